The highest BCUT2D eigenvalue weighted by molar-refractivity contribution is 7.80. The fourth-order valence-corrected chi connectivity index (χ4v) is 5.89. The molecule has 2 aromatic rings. The Morgan fingerprint density at radius 1 is 0.941 bits per heavy atom. The second-order valence-electron chi connectivity index (χ2n) is 12.0. The molecule has 16 nitrogen and oxygen atoms in total. The van der Waals surface area contributed by atoms with Crippen LogP contribution in [0.5, 0.6) is 5.75 Å². The molecule has 0 bridgehead atoms. The molecular weight excluding hydrogens is 688 g/mol. The highest BCUT2D eigenvalue weighted by atomic mass is 32.3. The van der Waals surface area contributed by atoms with E-state index in [2.05, 4.69) is 20.1 Å². The van der Waals surface area contributed by atoms with Crippen LogP contribution in [0.1, 0.15) is 69.2 Å². The lowest BCUT2D eigenvalue weighted by molar-refractivity contribution is -0.239. The number of rotatable bonds is 20. The number of nitrogens with one attached hydrogen (secondary N) is 3. The summed E-state index contributed by atoms with van der Waals surface area (Å²) >= 11 is 0. The van der Waals surface area contributed by atoms with Crippen LogP contribution in [-0.4, -0.2) is 109 Å². The molecule has 4 amide bonds. The number of amides is 4. The van der Waals surface area contributed by atoms with E-state index in [0.717, 1.165) is 39.0 Å². The monoisotopic (exact) mass is 736 g/mol. The molecule has 1 saturated heterocycles. The molecule has 282 valence electrons. The molecule has 5 atom stereocenters. The lowest BCUT2D eigenvalue weighted by atomic mass is 9.97. The Bertz CT molecular complexity index is 1530. The van der Waals surface area contributed by atoms with Crippen LogP contribution < -0.4 is 20.7 Å². The van der Waals surface area contributed by atoms with E-state index in [1.807, 2.05) is 13.0 Å². The van der Waals surface area contributed by atoms with Crippen molar-refractivity contribution >= 4 is 39.7 Å². The number of nitrogens with zero attached hydrogens (tertiary/aromatic N) is 1. The van der Waals surface area contributed by atoms with Gasteiger partial charge in [-0.1, -0.05) is 31.5 Å². The van der Waals surface area contributed by atoms with Gasteiger partial charge in [0.2, 0.25) is 24.0 Å². The van der Waals surface area contributed by atoms with Crippen LogP contribution in [0.2, 0.25) is 0 Å². The van der Waals surface area contributed by atoms with Crippen LogP contribution in [0.3, 0.4) is 0 Å². The zero-order chi connectivity index (χ0) is 37.4. The standard InChI is InChI=1S/C34H48N4O12S/c1-3-4-13-29(42)38(20-10-6-9-19-35-33(44)24-11-7-5-8-12-24)21-18-28(41)37-25-14-16-26(17-15-25)48-34-30(36-23(2)40)31(43)32(27(22-39)49-34)50-51(45,46)47/h5,7-8,11-12,14-17,27,30-32,34,39,43H,3-4,6,9-10,13,18-22H2,1-2H3,(H,35,44)(H,36,40)(H,37,41)(H,45,46,47). The Morgan fingerprint density at radius 2 is 1.65 bits per heavy atom. The highest BCUT2D eigenvalue weighted by Crippen LogP contribution is 2.28. The van der Waals surface area contributed by atoms with E-state index in [4.69, 9.17) is 14.0 Å². The summed E-state index contributed by atoms with van der Waals surface area (Å²) in [4.78, 5) is 51.4. The third-order valence-corrected chi connectivity index (χ3v) is 8.44. The maximum atomic E-state index is 12.9. The van der Waals surface area contributed by atoms with Gasteiger partial charge < -0.3 is 40.5 Å². The normalized spacial score (nSPS) is 20.2. The summed E-state index contributed by atoms with van der Waals surface area (Å²) in [6.45, 7) is 3.58. The summed E-state index contributed by atoms with van der Waals surface area (Å²) in [7, 11) is -5.05. The Labute approximate surface area is 297 Å². The number of aliphatic hydroxyl groups is 2. The molecule has 1 aliphatic heterocycles. The topological polar surface area (TPSA) is 230 Å². The molecule has 0 spiro atoms. The van der Waals surface area contributed by atoms with Gasteiger partial charge in [-0.15, -0.1) is 0 Å². The molecule has 6 N–H and O–H groups in total. The molecule has 3 rings (SSSR count). The molecule has 1 aliphatic rings. The van der Waals surface area contributed by atoms with Crippen LogP contribution in [0.25, 0.3) is 0 Å². The van der Waals surface area contributed by atoms with Crippen molar-refractivity contribution in [2.45, 2.75) is 89.4 Å². The molecule has 5 unspecified atom stereocenters. The zero-order valence-corrected chi connectivity index (χ0v) is 29.5. The number of carbonyl (C=O) groups excluding carboxylic acids is 4. The summed E-state index contributed by atoms with van der Waals surface area (Å²) in [5, 5.41) is 28.5. The molecule has 0 aromatic heterocycles. The lowest BCUT2D eigenvalue weighted by Crippen LogP contribution is -2.66. The van der Waals surface area contributed by atoms with Crippen molar-refractivity contribution in [1.82, 2.24) is 15.5 Å². The van der Waals surface area contributed by atoms with Gasteiger partial charge in [-0.2, -0.15) is 8.42 Å². The van der Waals surface area contributed by atoms with E-state index in [1.165, 1.54) is 24.3 Å². The molecule has 1 heterocycles. The number of carbonyl (C=O) groups is 4. The van der Waals surface area contributed by atoms with Crippen molar-refractivity contribution in [3.8, 4) is 5.75 Å². The molecule has 51 heavy (non-hydrogen) atoms. The number of hydrogen-bond donors (Lipinski definition) is 6. The maximum absolute atomic E-state index is 12.9. The largest absolute Gasteiger partial charge is 0.463 e. The highest BCUT2D eigenvalue weighted by Gasteiger charge is 2.49. The lowest BCUT2D eigenvalue weighted by Gasteiger charge is -2.43. The third-order valence-electron chi connectivity index (χ3n) is 7.98. The van der Waals surface area contributed by atoms with Crippen LogP contribution in [0.4, 0.5) is 5.69 Å². The molecule has 0 radical (unpaired) electrons. The van der Waals surface area contributed by atoms with Crippen LogP contribution in [0.15, 0.2) is 54.6 Å². The SMILES string of the molecule is CCCCC(=O)N(CCCCCNC(=O)c1ccccc1)CCC(=O)Nc1ccc(OC2OC(CO)C(OS(=O)(=O)O)C(O)C2NC(C)=O)cc1. The Morgan fingerprint density at radius 3 is 2.27 bits per heavy atom. The zero-order valence-electron chi connectivity index (χ0n) is 28.7. The Hall–Kier alpha value is -4.13. The Kier molecular flexibility index (Phi) is 16.7. The van der Waals surface area contributed by atoms with Gasteiger partial charge in [0.25, 0.3) is 5.91 Å². The first-order valence-electron chi connectivity index (χ1n) is 16.9. The molecule has 2 aromatic carbocycles. The summed E-state index contributed by atoms with van der Waals surface area (Å²) in [6.07, 6.45) is -2.04. The summed E-state index contributed by atoms with van der Waals surface area (Å²) in [5.41, 5.74) is 1.02. The van der Waals surface area contributed by atoms with Gasteiger partial charge in [-0.3, -0.25) is 23.7 Å². The van der Waals surface area contributed by atoms with E-state index < -0.39 is 53.6 Å². The van der Waals surface area contributed by atoms with Crippen molar-refractivity contribution in [1.29, 1.82) is 0 Å². The van der Waals surface area contributed by atoms with Gasteiger partial charge >= 0.3 is 10.4 Å². The van der Waals surface area contributed by atoms with Gasteiger partial charge in [0, 0.05) is 50.7 Å². The number of benzene rings is 2. The molecule has 1 fully saturated rings. The number of hydrogen-bond acceptors (Lipinski definition) is 11. The number of aliphatic hydroxyl groups excluding tert-OH is 2. The fourth-order valence-electron chi connectivity index (χ4n) is 5.37. The molecule has 0 saturated carbocycles. The van der Waals surface area contributed by atoms with Crippen LogP contribution in [-0.2, 0) is 33.7 Å². The van der Waals surface area contributed by atoms with Gasteiger partial charge in [0.15, 0.2) is 0 Å². The predicted octanol–water partition coefficient (Wildman–Crippen LogP) is 1.78. The molecule has 0 aliphatic carbocycles. The van der Waals surface area contributed by atoms with E-state index in [-0.39, 0.29) is 36.4 Å². The van der Waals surface area contributed by atoms with Gasteiger partial charge in [-0.25, -0.2) is 4.18 Å². The van der Waals surface area contributed by atoms with Crippen molar-refractivity contribution < 1.29 is 56.0 Å². The summed E-state index contributed by atoms with van der Waals surface area (Å²) < 4.78 is 47.5. The van der Waals surface area contributed by atoms with E-state index in [0.29, 0.717) is 30.8 Å². The average molecular weight is 737 g/mol. The van der Waals surface area contributed by atoms with Gasteiger partial charge in [0.05, 0.1) is 6.61 Å². The summed E-state index contributed by atoms with van der Waals surface area (Å²) in [5.74, 6) is -0.901. The second kappa shape index (κ2) is 20.7. The second-order valence-corrected chi connectivity index (χ2v) is 13.1. The number of anilines is 1. The van der Waals surface area contributed by atoms with Crippen LogP contribution in [0, 0.1) is 0 Å². The first-order valence-corrected chi connectivity index (χ1v) is 18.2. The van der Waals surface area contributed by atoms with Gasteiger partial charge in [-0.05, 0) is 62.1 Å². The Balaban J connectivity index is 1.51. The maximum Gasteiger partial charge on any atom is 0.397 e. The van der Waals surface area contributed by atoms with E-state index in [9.17, 15) is 37.8 Å². The fraction of sp³-hybridized carbons (Fsp3) is 0.529. The van der Waals surface area contributed by atoms with Crippen molar-refractivity contribution in [2.24, 2.45) is 0 Å². The minimum Gasteiger partial charge on any atom is -0.463 e. The third kappa shape index (κ3) is 14.2. The van der Waals surface area contributed by atoms with E-state index >= 15 is 0 Å². The summed E-state index contributed by atoms with van der Waals surface area (Å²) in [6, 6.07) is 13.6. The first kappa shape index (κ1) is 41.3. The smallest absolute Gasteiger partial charge is 0.397 e. The van der Waals surface area contributed by atoms with E-state index in [1.54, 1.807) is 29.2 Å². The first-order chi connectivity index (χ1) is 24.3. The van der Waals surface area contributed by atoms with Gasteiger partial charge in [0.1, 0.15) is 30.1 Å². The quantitative estimate of drug-likeness (QED) is 0.0845. The predicted molar refractivity (Wildman–Crippen MR) is 185 cm³/mol. The molecule has 17 heteroatoms. The van der Waals surface area contributed by atoms with Crippen molar-refractivity contribution in [3.63, 3.8) is 0 Å². The number of unbranched alkanes of at least 4 members (excludes halogenated alkanes) is 3. The minimum atomic E-state index is -5.05. The van der Waals surface area contributed by atoms with Crippen molar-refractivity contribution in [3.05, 3.63) is 60.2 Å². The number of ether oxygens (including phenoxy) is 2. The molecular formula is C34H48N4O12S. The van der Waals surface area contributed by atoms with Crippen LogP contribution >= 0.6 is 0 Å². The minimum absolute atomic E-state index is 0.0181. The average Bonchev–Trinajstić information content (AvgIpc) is 3.09. The van der Waals surface area contributed by atoms with Crippen molar-refractivity contribution in [2.75, 3.05) is 31.6 Å².